The van der Waals surface area contributed by atoms with Gasteiger partial charge in [-0.1, -0.05) is 36.4 Å². The van der Waals surface area contributed by atoms with E-state index in [9.17, 15) is 29.9 Å². The average Bonchev–Trinajstić information content (AvgIpc) is 3.13. The first-order chi connectivity index (χ1) is 16.8. The van der Waals surface area contributed by atoms with E-state index in [2.05, 4.69) is 0 Å². The third kappa shape index (κ3) is 4.45. The number of aliphatic hydroxyl groups is 1. The second-order valence-electron chi connectivity index (χ2n) is 7.91. The van der Waals surface area contributed by atoms with E-state index in [-0.39, 0.29) is 23.2 Å². The van der Waals surface area contributed by atoms with E-state index < -0.39 is 39.9 Å². The van der Waals surface area contributed by atoms with Gasteiger partial charge < -0.3 is 10.2 Å². The monoisotopic (exact) mass is 469 g/mol. The number of carbonyl (C=O) groups is 2. The molecule has 1 amide bonds. The molecule has 3 aromatic rings. The Morgan fingerprint density at radius 2 is 1.74 bits per heavy atom. The lowest BCUT2D eigenvalue weighted by Gasteiger charge is -2.27. The minimum absolute atomic E-state index is 0.00538. The van der Waals surface area contributed by atoms with Gasteiger partial charge in [0, 0.05) is 18.2 Å². The molecule has 174 valence electrons. The fraction of sp³-hybridized carbons (Fsp3) is 0.115. The second kappa shape index (κ2) is 9.49. The molecule has 9 heteroatoms. The Kier molecular flexibility index (Phi) is 6.29. The minimum atomic E-state index is -1.17. The van der Waals surface area contributed by atoms with Crippen LogP contribution in [0.2, 0.25) is 0 Å². The summed E-state index contributed by atoms with van der Waals surface area (Å²) in [5.74, 6) is -2.65. The fourth-order valence-corrected chi connectivity index (χ4v) is 4.06. The van der Waals surface area contributed by atoms with E-state index in [1.807, 2.05) is 36.4 Å². The lowest BCUT2D eigenvalue weighted by atomic mass is 9.92. The van der Waals surface area contributed by atoms with Gasteiger partial charge in [-0.15, -0.1) is 0 Å². The van der Waals surface area contributed by atoms with E-state index in [1.165, 1.54) is 30.3 Å². The summed E-state index contributed by atoms with van der Waals surface area (Å²) in [5.41, 5.74) is 0.901. The first kappa shape index (κ1) is 23.2. The lowest BCUT2D eigenvalue weighted by Crippen LogP contribution is -2.31. The van der Waals surface area contributed by atoms with Crippen LogP contribution in [0.25, 0.3) is 0 Å². The zero-order valence-corrected chi connectivity index (χ0v) is 18.3. The van der Waals surface area contributed by atoms with Crippen molar-refractivity contribution in [2.45, 2.75) is 18.9 Å². The predicted molar refractivity (Wildman–Crippen MR) is 126 cm³/mol. The van der Waals surface area contributed by atoms with Gasteiger partial charge in [-0.05, 0) is 47.9 Å². The zero-order valence-electron chi connectivity index (χ0n) is 18.3. The summed E-state index contributed by atoms with van der Waals surface area (Å²) in [5, 5.41) is 41.2. The van der Waals surface area contributed by atoms with Crippen molar-refractivity contribution >= 4 is 23.1 Å². The van der Waals surface area contributed by atoms with Gasteiger partial charge in [-0.2, -0.15) is 5.26 Å². The summed E-state index contributed by atoms with van der Waals surface area (Å²) in [6.45, 7) is 0. The number of aromatic hydroxyl groups is 1. The molecule has 35 heavy (non-hydrogen) atoms. The summed E-state index contributed by atoms with van der Waals surface area (Å²) in [7, 11) is 0. The van der Waals surface area contributed by atoms with E-state index in [4.69, 9.17) is 5.26 Å². The van der Waals surface area contributed by atoms with E-state index in [0.29, 0.717) is 12.0 Å². The molecular weight excluding hydrogens is 450 g/mol. The molecule has 1 heterocycles. The highest BCUT2D eigenvalue weighted by Gasteiger charge is 2.44. The van der Waals surface area contributed by atoms with Crippen molar-refractivity contribution in [1.29, 1.82) is 5.26 Å². The maximum Gasteiger partial charge on any atom is 0.311 e. The Hall–Kier alpha value is -4.97. The largest absolute Gasteiger partial charge is 0.503 e. The molecule has 0 aliphatic carbocycles. The number of benzene rings is 3. The van der Waals surface area contributed by atoms with E-state index in [0.717, 1.165) is 22.6 Å². The first-order valence-corrected chi connectivity index (χ1v) is 10.6. The third-order valence-electron chi connectivity index (χ3n) is 5.78. The van der Waals surface area contributed by atoms with Crippen molar-refractivity contribution in [2.24, 2.45) is 0 Å². The van der Waals surface area contributed by atoms with Crippen molar-refractivity contribution in [3.8, 4) is 11.8 Å². The molecule has 0 radical (unpaired) electrons. The van der Waals surface area contributed by atoms with E-state index >= 15 is 0 Å². The Morgan fingerprint density at radius 3 is 2.37 bits per heavy atom. The number of phenols is 1. The van der Waals surface area contributed by atoms with Gasteiger partial charge in [-0.3, -0.25) is 24.6 Å². The van der Waals surface area contributed by atoms with Crippen LogP contribution in [0.5, 0.6) is 5.75 Å². The molecule has 0 aromatic heterocycles. The minimum Gasteiger partial charge on any atom is -0.503 e. The van der Waals surface area contributed by atoms with Gasteiger partial charge in [0.2, 0.25) is 0 Å². The number of nitrogens with zero attached hydrogens (tertiary/aromatic N) is 3. The number of hydrogen-bond donors (Lipinski definition) is 2. The number of anilines is 1. The molecule has 4 rings (SSSR count). The number of nitro benzene ring substituents is 1. The van der Waals surface area contributed by atoms with Crippen LogP contribution in [0.15, 0.2) is 84.1 Å². The van der Waals surface area contributed by atoms with Crippen molar-refractivity contribution in [1.82, 2.24) is 0 Å². The number of phenolic OH excluding ortho intramolecular Hbond substituents is 1. The van der Waals surface area contributed by atoms with Crippen molar-refractivity contribution in [3.05, 3.63) is 111 Å². The summed E-state index contributed by atoms with van der Waals surface area (Å²) in [6.07, 6.45) is 0.360. The van der Waals surface area contributed by atoms with Crippen LogP contribution in [0.3, 0.4) is 0 Å². The molecule has 0 spiro atoms. The third-order valence-corrected chi connectivity index (χ3v) is 5.78. The van der Waals surface area contributed by atoms with Gasteiger partial charge in [0.05, 0.1) is 28.2 Å². The van der Waals surface area contributed by atoms with Crippen LogP contribution in [0.1, 0.15) is 29.2 Å². The molecule has 2 N–H and O–H groups in total. The molecule has 0 fully saturated rings. The fourth-order valence-electron chi connectivity index (χ4n) is 4.06. The number of amides is 1. The Balaban J connectivity index is 1.79. The quantitative estimate of drug-likeness (QED) is 0.388. The number of nitriles is 1. The summed E-state index contributed by atoms with van der Waals surface area (Å²) in [6, 6.07) is 19.5. The van der Waals surface area contributed by atoms with Crippen LogP contribution >= 0.6 is 0 Å². The predicted octanol–water partition coefficient (Wildman–Crippen LogP) is 4.27. The average molecular weight is 469 g/mol. The van der Waals surface area contributed by atoms with Crippen molar-refractivity contribution < 1.29 is 24.7 Å². The summed E-state index contributed by atoms with van der Waals surface area (Å²) in [4.78, 5) is 38.2. The van der Waals surface area contributed by atoms with Crippen molar-refractivity contribution in [2.75, 3.05) is 4.90 Å². The molecule has 1 aliphatic rings. The number of hydrogen-bond acceptors (Lipinski definition) is 7. The summed E-state index contributed by atoms with van der Waals surface area (Å²) < 4.78 is 0. The molecule has 0 saturated carbocycles. The highest BCUT2D eigenvalue weighted by molar-refractivity contribution is 6.16. The van der Waals surface area contributed by atoms with Gasteiger partial charge in [0.15, 0.2) is 17.3 Å². The van der Waals surface area contributed by atoms with Crippen LogP contribution in [-0.4, -0.2) is 26.8 Å². The molecular formula is C26H19N3O6. The number of aryl methyl sites for hydroxylation is 1. The number of rotatable bonds is 7. The van der Waals surface area contributed by atoms with Gasteiger partial charge in [0.25, 0.3) is 5.91 Å². The maximum absolute atomic E-state index is 13.3. The normalized spacial score (nSPS) is 15.2. The number of carbonyl (C=O) groups excluding carboxylic acids is 2. The standard InChI is InChI=1S/C26H19N3O6/c27-15-17-6-10-19(11-7-17)28-24(18-9-13-21(30)20(14-18)29(34)35)23(25(32)26(28)33)22(31)12-8-16-4-2-1-3-5-16/h1-7,9-11,13-14,24,30,32H,8,12H2. The molecule has 1 atom stereocenters. The highest BCUT2D eigenvalue weighted by Crippen LogP contribution is 2.43. The van der Waals surface area contributed by atoms with E-state index in [1.54, 1.807) is 0 Å². The summed E-state index contributed by atoms with van der Waals surface area (Å²) >= 11 is 0. The maximum atomic E-state index is 13.3. The molecule has 9 nitrogen and oxygen atoms in total. The molecule has 0 saturated heterocycles. The topological polar surface area (TPSA) is 145 Å². The second-order valence-corrected chi connectivity index (χ2v) is 7.91. The molecule has 1 aliphatic heterocycles. The zero-order chi connectivity index (χ0) is 25.1. The Labute approximate surface area is 199 Å². The number of aliphatic hydroxyl groups excluding tert-OH is 1. The molecule has 0 bridgehead atoms. The van der Waals surface area contributed by atoms with Crippen molar-refractivity contribution in [3.63, 3.8) is 0 Å². The van der Waals surface area contributed by atoms with Crippen LogP contribution in [-0.2, 0) is 16.0 Å². The van der Waals surface area contributed by atoms with Gasteiger partial charge >= 0.3 is 5.69 Å². The first-order valence-electron chi connectivity index (χ1n) is 10.6. The number of nitro groups is 1. The SMILES string of the molecule is N#Cc1ccc(N2C(=O)C(O)=C(C(=O)CCc3ccccc3)C2c2ccc(O)c([N+](=O)[O-])c2)cc1. The molecule has 3 aromatic carbocycles. The smallest absolute Gasteiger partial charge is 0.311 e. The number of ketones is 1. The van der Waals surface area contributed by atoms with Gasteiger partial charge in [-0.25, -0.2) is 0 Å². The van der Waals surface area contributed by atoms with Gasteiger partial charge in [0.1, 0.15) is 0 Å². The number of Topliss-reactive ketones (excluding diaryl/α,β-unsaturated/α-hetero) is 1. The Morgan fingerprint density at radius 1 is 1.06 bits per heavy atom. The molecule has 1 unspecified atom stereocenters. The Bertz CT molecular complexity index is 1390. The lowest BCUT2D eigenvalue weighted by molar-refractivity contribution is -0.385. The van der Waals surface area contributed by atoms with Crippen LogP contribution in [0.4, 0.5) is 11.4 Å². The van der Waals surface area contributed by atoms with Crippen LogP contribution in [0, 0.1) is 21.4 Å². The van der Waals surface area contributed by atoms with Crippen LogP contribution < -0.4 is 4.90 Å². The highest BCUT2D eigenvalue weighted by atomic mass is 16.6.